The zero-order valence-corrected chi connectivity index (χ0v) is 19.6. The number of nitrogens with zero attached hydrogens (tertiary/aromatic N) is 4. The van der Waals surface area contributed by atoms with E-state index in [0.717, 1.165) is 37.6 Å². The normalized spacial score (nSPS) is 18.0. The number of thiophene rings is 1. The molecule has 0 bridgehead atoms. The fourth-order valence-corrected chi connectivity index (χ4v) is 6.54. The number of benzene rings is 2. The predicted molar refractivity (Wildman–Crippen MR) is 136 cm³/mol. The summed E-state index contributed by atoms with van der Waals surface area (Å²) < 4.78 is 0. The molecule has 0 atom stereocenters. The van der Waals surface area contributed by atoms with Crippen LogP contribution in [0.3, 0.4) is 0 Å². The van der Waals surface area contributed by atoms with Crippen LogP contribution in [-0.2, 0) is 12.8 Å². The second-order valence-electron chi connectivity index (χ2n) is 9.29. The number of aromatic nitrogens is 2. The van der Waals surface area contributed by atoms with E-state index in [1.54, 1.807) is 10.4 Å². The summed E-state index contributed by atoms with van der Waals surface area (Å²) >= 11 is 1.93. The number of aryl methyl sites for hydroxylation is 2. The Morgan fingerprint density at radius 1 is 0.812 bits per heavy atom. The molecule has 1 aliphatic heterocycles. The van der Waals surface area contributed by atoms with Crippen LogP contribution in [0.25, 0.3) is 32.4 Å². The van der Waals surface area contributed by atoms with E-state index in [-0.39, 0.29) is 0 Å². The highest BCUT2D eigenvalue weighted by atomic mass is 32.1. The van der Waals surface area contributed by atoms with Crippen LogP contribution in [0.4, 0.5) is 5.82 Å². The monoisotopic (exact) mass is 442 g/mol. The third kappa shape index (κ3) is 3.57. The van der Waals surface area contributed by atoms with Crippen molar-refractivity contribution in [2.24, 2.45) is 0 Å². The molecule has 2 aromatic heterocycles. The van der Waals surface area contributed by atoms with Gasteiger partial charge < -0.3 is 9.80 Å². The van der Waals surface area contributed by atoms with Crippen LogP contribution in [-0.4, -0.2) is 48.1 Å². The van der Waals surface area contributed by atoms with Gasteiger partial charge >= 0.3 is 0 Å². The topological polar surface area (TPSA) is 32.3 Å². The fourth-order valence-electron chi connectivity index (χ4n) is 5.28. The Bertz CT molecular complexity index is 1260. The Hall–Kier alpha value is -2.50. The van der Waals surface area contributed by atoms with Gasteiger partial charge in [0.15, 0.2) is 5.82 Å². The molecule has 1 aliphatic carbocycles. The van der Waals surface area contributed by atoms with Crippen molar-refractivity contribution in [1.82, 2.24) is 14.9 Å². The summed E-state index contributed by atoms with van der Waals surface area (Å²) in [5.74, 6) is 2.04. The highest BCUT2D eigenvalue weighted by Gasteiger charge is 2.25. The lowest BCUT2D eigenvalue weighted by Gasteiger charge is -2.34. The van der Waals surface area contributed by atoms with Crippen molar-refractivity contribution in [3.8, 4) is 11.4 Å². The molecule has 32 heavy (non-hydrogen) atoms. The van der Waals surface area contributed by atoms with Crippen LogP contribution in [0, 0.1) is 0 Å². The average molecular weight is 443 g/mol. The molecule has 0 N–H and O–H groups in total. The van der Waals surface area contributed by atoms with Gasteiger partial charge in [-0.15, -0.1) is 11.3 Å². The van der Waals surface area contributed by atoms with Crippen molar-refractivity contribution in [1.29, 1.82) is 0 Å². The Morgan fingerprint density at radius 2 is 1.59 bits per heavy atom. The molecule has 1 fully saturated rings. The van der Waals surface area contributed by atoms with Crippen LogP contribution < -0.4 is 4.90 Å². The smallest absolute Gasteiger partial charge is 0.163 e. The molecular weight excluding hydrogens is 412 g/mol. The van der Waals surface area contributed by atoms with Gasteiger partial charge in [-0.1, -0.05) is 55.3 Å². The van der Waals surface area contributed by atoms with Crippen LogP contribution >= 0.6 is 11.3 Å². The van der Waals surface area contributed by atoms with Gasteiger partial charge in [0, 0.05) is 36.6 Å². The Kier molecular flexibility index (Phi) is 5.32. The molecule has 0 amide bonds. The molecule has 4 nitrogen and oxygen atoms in total. The largest absolute Gasteiger partial charge is 0.353 e. The summed E-state index contributed by atoms with van der Waals surface area (Å²) in [5, 5.41) is 3.82. The summed E-state index contributed by atoms with van der Waals surface area (Å²) in [6.07, 6.45) is 7.65. The zero-order valence-electron chi connectivity index (χ0n) is 18.8. The van der Waals surface area contributed by atoms with E-state index in [0.29, 0.717) is 0 Å². The molecule has 4 aromatic rings. The molecule has 1 saturated heterocycles. The molecule has 0 spiro atoms. The second kappa shape index (κ2) is 8.45. The van der Waals surface area contributed by atoms with Crippen molar-refractivity contribution < 1.29 is 0 Å². The molecule has 3 heterocycles. The molecule has 0 radical (unpaired) electrons. The summed E-state index contributed by atoms with van der Waals surface area (Å²) in [7, 11) is 2.22. The Morgan fingerprint density at radius 3 is 2.47 bits per heavy atom. The quantitative estimate of drug-likeness (QED) is 0.386. The Labute approximate surface area is 193 Å². The highest BCUT2D eigenvalue weighted by Crippen LogP contribution is 2.41. The number of rotatable bonds is 2. The number of piperazine rings is 1. The molecule has 2 aliphatic rings. The van der Waals surface area contributed by atoms with E-state index in [2.05, 4.69) is 59.3 Å². The van der Waals surface area contributed by atoms with E-state index in [4.69, 9.17) is 9.97 Å². The molecule has 2 aromatic carbocycles. The minimum atomic E-state index is 0.873. The Balaban J connectivity index is 1.57. The second-order valence-corrected chi connectivity index (χ2v) is 10.4. The van der Waals surface area contributed by atoms with Gasteiger partial charge in [0.25, 0.3) is 0 Å². The van der Waals surface area contributed by atoms with Gasteiger partial charge in [0.1, 0.15) is 10.6 Å². The van der Waals surface area contributed by atoms with E-state index in [9.17, 15) is 0 Å². The van der Waals surface area contributed by atoms with Crippen LogP contribution in [0.1, 0.15) is 36.1 Å². The minimum Gasteiger partial charge on any atom is -0.353 e. The van der Waals surface area contributed by atoms with Crippen molar-refractivity contribution in [3.63, 3.8) is 0 Å². The SMILES string of the molecule is CN1CCN(c2nc(-c3cccc4ccccc34)nc3sc4c(c23)CCCCCC4)CC1. The van der Waals surface area contributed by atoms with Gasteiger partial charge in [-0.2, -0.15) is 0 Å². The highest BCUT2D eigenvalue weighted by molar-refractivity contribution is 7.19. The zero-order chi connectivity index (χ0) is 21.5. The van der Waals surface area contributed by atoms with Crippen LogP contribution in [0.2, 0.25) is 0 Å². The number of anilines is 1. The van der Waals surface area contributed by atoms with E-state index in [1.165, 1.54) is 65.3 Å². The molecule has 0 saturated carbocycles. The lowest BCUT2D eigenvalue weighted by atomic mass is 9.97. The van der Waals surface area contributed by atoms with Crippen molar-refractivity contribution >= 4 is 38.1 Å². The molecular formula is C27H30N4S. The maximum atomic E-state index is 5.31. The number of fused-ring (bicyclic) bond motifs is 4. The summed E-state index contributed by atoms with van der Waals surface area (Å²) in [5.41, 5.74) is 2.68. The fraction of sp³-hybridized carbons (Fsp3) is 0.407. The van der Waals surface area contributed by atoms with Crippen LogP contribution in [0.5, 0.6) is 0 Å². The summed E-state index contributed by atoms with van der Waals surface area (Å²) in [4.78, 5) is 18.2. The lowest BCUT2D eigenvalue weighted by molar-refractivity contribution is 0.312. The van der Waals surface area contributed by atoms with E-state index >= 15 is 0 Å². The summed E-state index contributed by atoms with van der Waals surface area (Å²) in [6, 6.07) is 15.1. The first-order chi connectivity index (χ1) is 15.8. The lowest BCUT2D eigenvalue weighted by Crippen LogP contribution is -2.45. The number of hydrogen-bond donors (Lipinski definition) is 0. The van der Waals surface area contributed by atoms with Crippen molar-refractivity contribution in [3.05, 3.63) is 52.9 Å². The third-order valence-corrected chi connectivity index (χ3v) is 8.31. The van der Waals surface area contributed by atoms with Crippen LogP contribution in [0.15, 0.2) is 42.5 Å². The molecule has 6 rings (SSSR count). The standard InChI is InChI=1S/C27H30N4S/c1-30-15-17-31(18-16-30)26-24-22-12-4-2-3-5-14-23(22)32-27(24)29-25(28-26)21-13-8-10-19-9-6-7-11-20(19)21/h6-11,13H,2-5,12,14-18H2,1H3. The van der Waals surface area contributed by atoms with Gasteiger partial charge in [0.2, 0.25) is 0 Å². The first-order valence-corrected chi connectivity index (χ1v) is 12.8. The predicted octanol–water partition coefficient (Wildman–Crippen LogP) is 5.92. The number of likely N-dealkylation sites (N-methyl/N-ethyl adjacent to an activating group) is 1. The van der Waals surface area contributed by atoms with E-state index in [1.807, 2.05) is 11.3 Å². The summed E-state index contributed by atoms with van der Waals surface area (Å²) in [6.45, 7) is 4.23. The maximum absolute atomic E-state index is 5.31. The number of hydrogen-bond acceptors (Lipinski definition) is 5. The van der Waals surface area contributed by atoms with Gasteiger partial charge in [-0.25, -0.2) is 9.97 Å². The van der Waals surface area contributed by atoms with E-state index < -0.39 is 0 Å². The van der Waals surface area contributed by atoms with Gasteiger partial charge in [0.05, 0.1) is 5.39 Å². The molecule has 164 valence electrons. The minimum absolute atomic E-state index is 0.873. The first-order valence-electron chi connectivity index (χ1n) is 12.0. The van der Waals surface area contributed by atoms with Crippen molar-refractivity contribution in [2.45, 2.75) is 38.5 Å². The maximum Gasteiger partial charge on any atom is 0.163 e. The third-order valence-electron chi connectivity index (χ3n) is 7.13. The van der Waals surface area contributed by atoms with Gasteiger partial charge in [-0.05, 0) is 49.1 Å². The molecule has 5 heteroatoms. The van der Waals surface area contributed by atoms with Crippen molar-refractivity contribution in [2.75, 3.05) is 38.1 Å². The molecule has 0 unspecified atom stereocenters. The first kappa shape index (κ1) is 20.1. The van der Waals surface area contributed by atoms with Gasteiger partial charge in [-0.3, -0.25) is 0 Å². The average Bonchev–Trinajstić information content (AvgIpc) is 3.15.